The Labute approximate surface area is 457 Å². The van der Waals surface area contributed by atoms with Crippen molar-refractivity contribution in [3.8, 4) is 28.2 Å². The molecule has 0 saturated carbocycles. The number of methoxy groups -OCH3 is 1. The SMILES string of the molecule is CC[N+](CC)=c1ccc2c(-c3ccccc3)c(C)c(/C=C/C=C3/N(CCCCCC(=O)NCCCCNC(=O)Cc4c(C)n(C(=O)c5ccc(Cl)cc5)c5ccc(OC)cc45)c4ccc(S(=O)(=O)[O-])cc4C3(C)C)oc-2c1. The van der Waals surface area contributed by atoms with Crippen LogP contribution in [0.3, 0.4) is 0 Å². The van der Waals surface area contributed by atoms with E-state index in [9.17, 15) is 27.4 Å². The fraction of sp³-hybridized carbons (Fsp3) is 0.323. The van der Waals surface area contributed by atoms with E-state index in [0.29, 0.717) is 78.6 Å². The van der Waals surface area contributed by atoms with Gasteiger partial charge in [0.05, 0.1) is 30.0 Å². The molecule has 3 heterocycles. The number of benzene rings is 5. The number of rotatable bonds is 21. The van der Waals surface area contributed by atoms with Gasteiger partial charge in [-0.3, -0.25) is 19.0 Å². The van der Waals surface area contributed by atoms with Crippen molar-refractivity contribution in [3.05, 3.63) is 171 Å². The van der Waals surface area contributed by atoms with Gasteiger partial charge >= 0.3 is 0 Å². The number of fused-ring (bicyclic) bond motifs is 3. The zero-order valence-corrected chi connectivity index (χ0v) is 46.6. The quantitative estimate of drug-likeness (QED) is 0.0405. The first kappa shape index (κ1) is 56.0. The lowest BCUT2D eigenvalue weighted by molar-refractivity contribution is -0.121. The molecule has 13 nitrogen and oxygen atoms in total. The van der Waals surface area contributed by atoms with Gasteiger partial charge in [-0.2, -0.15) is 0 Å². The van der Waals surface area contributed by atoms with E-state index in [4.69, 9.17) is 20.8 Å². The zero-order valence-electron chi connectivity index (χ0n) is 45.0. The molecule has 2 aliphatic heterocycles. The number of carbonyl (C=O) groups is 3. The number of hydrogen-bond acceptors (Lipinski definition) is 9. The van der Waals surface area contributed by atoms with Crippen LogP contribution in [0, 0.1) is 13.8 Å². The van der Waals surface area contributed by atoms with Crippen LogP contribution in [0.5, 0.6) is 5.75 Å². The molecule has 8 rings (SSSR count). The lowest BCUT2D eigenvalue weighted by atomic mass is 9.83. The highest BCUT2D eigenvalue weighted by Crippen LogP contribution is 2.49. The highest BCUT2D eigenvalue weighted by Gasteiger charge is 2.40. The molecule has 0 fully saturated rings. The minimum absolute atomic E-state index is 0.0386. The van der Waals surface area contributed by atoms with Gasteiger partial charge in [0.1, 0.15) is 40.5 Å². The summed E-state index contributed by atoms with van der Waals surface area (Å²) in [4.78, 5) is 41.8. The van der Waals surface area contributed by atoms with Crippen molar-refractivity contribution < 1.29 is 36.5 Å². The molecule has 2 amide bonds. The Morgan fingerprint density at radius 2 is 1.55 bits per heavy atom. The molecule has 0 saturated heterocycles. The minimum Gasteiger partial charge on any atom is -0.744 e. The monoisotopic (exact) mass is 1080 g/mol. The number of unbranched alkanes of at least 4 members (excludes halogenated alkanes) is 3. The Kier molecular flexibility index (Phi) is 17.7. The molecular weight excluding hydrogens is 1010 g/mol. The van der Waals surface area contributed by atoms with Crippen LogP contribution in [-0.4, -0.2) is 75.1 Å². The van der Waals surface area contributed by atoms with E-state index in [1.165, 1.54) is 12.1 Å². The molecule has 3 aliphatic rings. The van der Waals surface area contributed by atoms with E-state index in [0.717, 1.165) is 87.2 Å². The Morgan fingerprint density at radius 1 is 0.831 bits per heavy atom. The van der Waals surface area contributed by atoms with Crippen molar-refractivity contribution in [1.29, 1.82) is 0 Å². The average molecular weight is 1080 g/mol. The van der Waals surface area contributed by atoms with Crippen LogP contribution in [0.2, 0.25) is 5.02 Å². The molecule has 5 aromatic rings. The number of nitrogens with one attached hydrogen (secondary N) is 2. The first-order chi connectivity index (χ1) is 36.9. The maximum absolute atomic E-state index is 13.7. The van der Waals surface area contributed by atoms with Gasteiger partial charge < -0.3 is 29.2 Å². The summed E-state index contributed by atoms with van der Waals surface area (Å²) in [5.74, 6) is 1.68. The van der Waals surface area contributed by atoms with Crippen LogP contribution < -0.4 is 30.2 Å². The molecule has 77 heavy (non-hydrogen) atoms. The molecule has 0 radical (unpaired) electrons. The largest absolute Gasteiger partial charge is 0.744 e. The minimum atomic E-state index is -4.69. The second-order valence-corrected chi connectivity index (χ2v) is 21.8. The third-order valence-corrected chi connectivity index (χ3v) is 15.8. The molecule has 1 aliphatic carbocycles. The van der Waals surface area contributed by atoms with E-state index in [1.54, 1.807) is 48.1 Å². The van der Waals surface area contributed by atoms with Crippen molar-refractivity contribution in [1.82, 2.24) is 19.8 Å². The fourth-order valence-corrected chi connectivity index (χ4v) is 11.2. The van der Waals surface area contributed by atoms with Crippen LogP contribution in [0.4, 0.5) is 5.69 Å². The van der Waals surface area contributed by atoms with E-state index in [-0.39, 0.29) is 29.0 Å². The normalized spacial score (nSPS) is 13.7. The zero-order chi connectivity index (χ0) is 55.0. The van der Waals surface area contributed by atoms with Crippen molar-refractivity contribution >= 4 is 62.1 Å². The number of anilines is 1. The highest BCUT2D eigenvalue weighted by molar-refractivity contribution is 7.85. The Bertz CT molecular complexity index is 3530. The lowest BCUT2D eigenvalue weighted by Gasteiger charge is -2.27. The number of nitrogens with zero attached hydrogens (tertiary/aromatic N) is 3. The summed E-state index contributed by atoms with van der Waals surface area (Å²) in [6, 6.07) is 33.5. The molecule has 1 aromatic heterocycles. The molecular formula is C62H68ClN5O8S. The standard InChI is InChI=1S/C62H68ClN5O8S/c1-8-66(9-2)46-28-31-49-56(37-46)76-55(41(3)60(49)43-19-12-10-13-20-43)21-18-22-57-62(5,6)52-39-48(77(72,73)74)30-33-54(52)67(57)36-17-11-14-23-58(69)64-34-15-16-35-65-59(70)40-50-42(4)68(53-32-29-47(75-7)38-51(50)53)61(71)44-24-26-45(63)27-25-44/h10,12-13,18-22,24-33,37-39H,8-9,11,14-17,23,34-36,40H2,1-7H3,(H2-,64,65,69,70,72,73,74). The van der Waals surface area contributed by atoms with E-state index >= 15 is 0 Å². The second-order valence-electron chi connectivity index (χ2n) is 20.0. The molecule has 0 spiro atoms. The van der Waals surface area contributed by atoms with Crippen molar-refractivity contribution in [2.45, 2.75) is 96.8 Å². The molecule has 0 bridgehead atoms. The van der Waals surface area contributed by atoms with Gasteiger partial charge in [-0.05, 0) is 155 Å². The maximum atomic E-state index is 13.7. The third-order valence-electron chi connectivity index (χ3n) is 14.8. The summed E-state index contributed by atoms with van der Waals surface area (Å²) in [7, 11) is -3.11. The lowest BCUT2D eigenvalue weighted by Crippen LogP contribution is -2.29. The molecule has 4 aromatic carbocycles. The molecule has 2 N–H and O–H groups in total. The number of ether oxygens (including phenoxy) is 1. The van der Waals surface area contributed by atoms with Gasteiger partial charge in [0.15, 0.2) is 0 Å². The summed E-state index contributed by atoms with van der Waals surface area (Å²) in [5, 5.41) is 8.40. The van der Waals surface area contributed by atoms with E-state index in [2.05, 4.69) is 71.2 Å². The molecule has 0 unspecified atom stereocenters. The van der Waals surface area contributed by atoms with Gasteiger partial charge in [-0.25, -0.2) is 13.0 Å². The van der Waals surface area contributed by atoms with Crippen LogP contribution in [-0.2, 0) is 31.5 Å². The number of halogens is 1. The van der Waals surface area contributed by atoms with Gasteiger partial charge in [0.25, 0.3) is 5.91 Å². The molecule has 15 heteroatoms. The van der Waals surface area contributed by atoms with Crippen LogP contribution >= 0.6 is 11.6 Å². The summed E-state index contributed by atoms with van der Waals surface area (Å²) in [5.41, 5.74) is 8.65. The third kappa shape index (κ3) is 12.5. The number of carbonyl (C=O) groups excluding carboxylic acids is 3. The summed E-state index contributed by atoms with van der Waals surface area (Å²) >= 11 is 6.08. The van der Waals surface area contributed by atoms with Gasteiger partial charge in [0.2, 0.25) is 17.2 Å². The van der Waals surface area contributed by atoms with Crippen molar-refractivity contribution in [3.63, 3.8) is 0 Å². The number of allylic oxidation sites excluding steroid dienone is 3. The number of aromatic nitrogens is 1. The van der Waals surface area contributed by atoms with Crippen molar-refractivity contribution in [2.75, 3.05) is 44.7 Å². The Morgan fingerprint density at radius 3 is 2.23 bits per heavy atom. The number of amides is 2. The van der Waals surface area contributed by atoms with Gasteiger partial charge in [0, 0.05) is 81.7 Å². The Hall–Kier alpha value is -7.26. The highest BCUT2D eigenvalue weighted by atomic mass is 35.5. The predicted molar refractivity (Wildman–Crippen MR) is 306 cm³/mol. The van der Waals surface area contributed by atoms with Crippen LogP contribution in [0.1, 0.15) is 105 Å². The topological polar surface area (TPSA) is 166 Å². The van der Waals surface area contributed by atoms with Crippen LogP contribution in [0.25, 0.3) is 39.4 Å². The smallest absolute Gasteiger partial charge is 0.262 e. The predicted octanol–water partition coefficient (Wildman–Crippen LogP) is 11.2. The first-order valence-corrected chi connectivity index (χ1v) is 28.2. The molecule has 0 atom stereocenters. The van der Waals surface area contributed by atoms with Gasteiger partial charge in [-0.1, -0.05) is 68.3 Å². The molecule has 402 valence electrons. The average Bonchev–Trinajstić information content (AvgIpc) is 3.92. The number of hydrogen-bond donors (Lipinski definition) is 2. The first-order valence-electron chi connectivity index (χ1n) is 26.4. The van der Waals surface area contributed by atoms with Crippen LogP contribution in [0.15, 0.2) is 136 Å². The Balaban J connectivity index is 0.870. The van der Waals surface area contributed by atoms with Crippen molar-refractivity contribution in [2.24, 2.45) is 0 Å². The summed E-state index contributed by atoms with van der Waals surface area (Å²) in [6.45, 7) is 15.5. The second kappa shape index (κ2) is 24.4. The fourth-order valence-electron chi connectivity index (χ4n) is 10.6. The van der Waals surface area contributed by atoms with E-state index < -0.39 is 15.5 Å². The maximum Gasteiger partial charge on any atom is 0.262 e. The summed E-state index contributed by atoms with van der Waals surface area (Å²) < 4.78 is 52.7. The van der Waals surface area contributed by atoms with Gasteiger partial charge in [-0.15, -0.1) is 0 Å². The summed E-state index contributed by atoms with van der Waals surface area (Å²) in [6.07, 6.45) is 10.00. The van der Waals surface area contributed by atoms with E-state index in [1.807, 2.05) is 69.3 Å².